The lowest BCUT2D eigenvalue weighted by Gasteiger charge is -2.24. The number of ketones is 4. The van der Waals surface area contributed by atoms with Crippen LogP contribution >= 0.6 is 0 Å². The minimum Gasteiger partial charge on any atom is -0.466 e. The van der Waals surface area contributed by atoms with Gasteiger partial charge in [-0.15, -0.1) is 6.58 Å². The lowest BCUT2D eigenvalue weighted by molar-refractivity contribution is -0.191. The van der Waals surface area contributed by atoms with E-state index in [4.69, 9.17) is 9.47 Å². The highest BCUT2D eigenvalue weighted by molar-refractivity contribution is 5.87. The van der Waals surface area contributed by atoms with Gasteiger partial charge in [-0.1, -0.05) is 26.8 Å². The fourth-order valence-electron chi connectivity index (χ4n) is 5.30. The van der Waals surface area contributed by atoms with Crippen molar-refractivity contribution in [1.82, 2.24) is 0 Å². The molecule has 0 aromatic rings. The zero-order chi connectivity index (χ0) is 38.7. The van der Waals surface area contributed by atoms with E-state index < -0.39 is 24.1 Å². The number of rotatable bonds is 3. The van der Waals surface area contributed by atoms with Crippen molar-refractivity contribution in [1.29, 1.82) is 0 Å². The number of cyclic esters (lactones) is 4. The second kappa shape index (κ2) is 29.7. The summed E-state index contributed by atoms with van der Waals surface area (Å²) in [5, 5.41) is 0. The Morgan fingerprint density at radius 2 is 1.02 bits per heavy atom. The second-order valence-electron chi connectivity index (χ2n) is 13.9. The van der Waals surface area contributed by atoms with Crippen molar-refractivity contribution >= 4 is 47.0 Å². The van der Waals surface area contributed by atoms with Crippen LogP contribution in [0.2, 0.25) is 0 Å². The van der Waals surface area contributed by atoms with Gasteiger partial charge in [0.1, 0.15) is 29.2 Å². The first-order chi connectivity index (χ1) is 24.8. The van der Waals surface area contributed by atoms with Crippen LogP contribution in [0.25, 0.3) is 0 Å². The maximum atomic E-state index is 10.7. The summed E-state index contributed by atoms with van der Waals surface area (Å²) < 4.78 is 18.7. The van der Waals surface area contributed by atoms with Crippen molar-refractivity contribution in [3.8, 4) is 0 Å². The van der Waals surface area contributed by atoms with Gasteiger partial charge in [-0.05, 0) is 90.9 Å². The molecule has 4 saturated carbocycles. The van der Waals surface area contributed by atoms with Crippen LogP contribution in [0.15, 0.2) is 12.7 Å². The van der Waals surface area contributed by atoms with E-state index in [-0.39, 0.29) is 25.5 Å². The van der Waals surface area contributed by atoms with E-state index in [9.17, 15) is 38.4 Å². The highest BCUT2D eigenvalue weighted by Crippen LogP contribution is 2.20. The molecule has 0 N–H and O–H groups in total. The van der Waals surface area contributed by atoms with Gasteiger partial charge in [0.05, 0.1) is 13.0 Å². The molecule has 7 fully saturated rings. The number of esters is 4. The van der Waals surface area contributed by atoms with Gasteiger partial charge in [0.15, 0.2) is 12.2 Å². The van der Waals surface area contributed by atoms with Crippen molar-refractivity contribution in [3.05, 3.63) is 12.7 Å². The lowest BCUT2D eigenvalue weighted by atomic mass is 9.99. The number of hydrogen-bond acceptors (Lipinski definition) is 12. The number of allylic oxidation sites excluding steroid dienone is 1. The molecule has 302 valence electrons. The Morgan fingerprint density at radius 3 is 1.36 bits per heavy atom. The summed E-state index contributed by atoms with van der Waals surface area (Å²) in [5.74, 6) is 1.14. The quantitative estimate of drug-likeness (QED) is 0.157. The molecule has 3 aliphatic heterocycles. The first-order valence-electron chi connectivity index (χ1n) is 19.3. The Kier molecular flexibility index (Phi) is 27.6. The summed E-state index contributed by atoms with van der Waals surface area (Å²) in [7, 11) is 0. The molecule has 4 aliphatic carbocycles. The highest BCUT2D eigenvalue weighted by Gasteiger charge is 2.32. The predicted molar refractivity (Wildman–Crippen MR) is 200 cm³/mol. The largest absolute Gasteiger partial charge is 0.466 e. The Hall–Kier alpha value is -3.70. The summed E-state index contributed by atoms with van der Waals surface area (Å²) in [5.41, 5.74) is 0. The standard InChI is InChI=1S/C7H10O2.C6H8O4.C6H10O2.2C6H10O.C5H8O.C4H6O.CH4/c1-2-3-4-6-5-7(8)9-6;1-3-5(7)10-4(2)6(8)9-3;7-6-4-2-1-3-5-8-6;1-5-3-2-4-6(5)7;7-6-4-2-1-3-5-6;6-5-3-1-2-4-5;5-4-2-1-3-4;/h2,6H,1,3-5H2;3-4H,1-2H3;1-5H2;5H,2-4H2,1H3;1-5H2;1-4H2;1-3H2;1H4. The highest BCUT2D eigenvalue weighted by atomic mass is 16.6. The van der Waals surface area contributed by atoms with E-state index in [0.717, 1.165) is 122 Å². The average Bonchev–Trinajstić information content (AvgIpc) is 3.65. The third kappa shape index (κ3) is 25.0. The van der Waals surface area contributed by atoms with Crippen LogP contribution in [0.5, 0.6) is 0 Å². The summed E-state index contributed by atoms with van der Waals surface area (Å²) in [6.45, 7) is 9.17. The Bertz CT molecular complexity index is 1120. The van der Waals surface area contributed by atoms with E-state index in [1.54, 1.807) is 0 Å². The minimum absolute atomic E-state index is 0. The molecular formula is C41H66O12. The molecule has 4 atom stereocenters. The molecule has 4 unspecified atom stereocenters. The Balaban J connectivity index is 0.000000599. The Labute approximate surface area is 316 Å². The zero-order valence-electron chi connectivity index (χ0n) is 31.8. The maximum absolute atomic E-state index is 10.7. The molecule has 12 nitrogen and oxygen atoms in total. The van der Waals surface area contributed by atoms with Crippen molar-refractivity contribution in [3.63, 3.8) is 0 Å². The second-order valence-corrected chi connectivity index (χ2v) is 13.9. The van der Waals surface area contributed by atoms with Crippen molar-refractivity contribution in [2.45, 2.75) is 188 Å². The number of Topliss-reactive ketones (excluding diaryl/α,β-unsaturated/α-hetero) is 4. The van der Waals surface area contributed by atoms with Crippen LogP contribution in [-0.4, -0.2) is 71.9 Å². The zero-order valence-corrected chi connectivity index (χ0v) is 31.8. The monoisotopic (exact) mass is 750 g/mol. The van der Waals surface area contributed by atoms with Gasteiger partial charge in [0, 0.05) is 57.3 Å². The molecule has 0 aromatic heterocycles. The number of carbonyl (C=O) groups is 8. The fraction of sp³-hybridized carbons (Fsp3) is 0.756. The Morgan fingerprint density at radius 1 is 0.566 bits per heavy atom. The number of carbonyl (C=O) groups excluding carboxylic acids is 8. The molecule has 3 heterocycles. The van der Waals surface area contributed by atoms with Crippen LogP contribution < -0.4 is 0 Å². The van der Waals surface area contributed by atoms with Gasteiger partial charge in [-0.25, -0.2) is 9.59 Å². The van der Waals surface area contributed by atoms with E-state index >= 15 is 0 Å². The van der Waals surface area contributed by atoms with Crippen LogP contribution in [-0.2, 0) is 57.3 Å². The van der Waals surface area contributed by atoms with Gasteiger partial charge in [-0.3, -0.25) is 28.8 Å². The first-order valence-corrected chi connectivity index (χ1v) is 19.3. The van der Waals surface area contributed by atoms with Crippen LogP contribution in [0.3, 0.4) is 0 Å². The normalized spacial score (nSPS) is 25.4. The third-order valence-electron chi connectivity index (χ3n) is 9.02. The van der Waals surface area contributed by atoms with Gasteiger partial charge in [-0.2, -0.15) is 0 Å². The molecule has 12 heteroatoms. The van der Waals surface area contributed by atoms with Crippen LogP contribution in [0, 0.1) is 5.92 Å². The van der Waals surface area contributed by atoms with Gasteiger partial charge >= 0.3 is 23.9 Å². The van der Waals surface area contributed by atoms with E-state index in [0.29, 0.717) is 48.5 Å². The SMILES string of the molecule is C.C=CCCC1CC(=O)O1.CC1CCCC1=O.CC1OC(=O)C(C)OC1=O.O=C1CCC1.O=C1CCCC1.O=C1CCCCC1.O=C1CCCCCO1. The fourth-order valence-corrected chi connectivity index (χ4v) is 5.30. The molecule has 53 heavy (non-hydrogen) atoms. The average molecular weight is 751 g/mol. The van der Waals surface area contributed by atoms with E-state index in [2.05, 4.69) is 16.1 Å². The summed E-state index contributed by atoms with van der Waals surface area (Å²) in [6, 6.07) is 0. The lowest BCUT2D eigenvalue weighted by Crippen LogP contribution is -2.40. The topological polar surface area (TPSA) is 173 Å². The number of ether oxygens (including phenoxy) is 4. The molecular weight excluding hydrogens is 684 g/mol. The number of hydrogen-bond donors (Lipinski definition) is 0. The molecule has 3 saturated heterocycles. The van der Waals surface area contributed by atoms with Crippen LogP contribution in [0.4, 0.5) is 0 Å². The molecule has 0 spiro atoms. The van der Waals surface area contributed by atoms with Gasteiger partial charge < -0.3 is 18.9 Å². The van der Waals surface area contributed by atoms with Crippen molar-refractivity contribution in [2.75, 3.05) is 6.61 Å². The van der Waals surface area contributed by atoms with Crippen LogP contribution in [0.1, 0.15) is 169 Å². The maximum Gasteiger partial charge on any atom is 0.347 e. The molecule has 7 rings (SSSR count). The predicted octanol–water partition coefficient (Wildman–Crippen LogP) is 7.64. The molecule has 7 aliphatic rings. The van der Waals surface area contributed by atoms with Crippen molar-refractivity contribution < 1.29 is 57.3 Å². The van der Waals surface area contributed by atoms with Crippen molar-refractivity contribution in [2.24, 2.45) is 5.92 Å². The summed E-state index contributed by atoms with van der Waals surface area (Å²) >= 11 is 0. The third-order valence-corrected chi connectivity index (χ3v) is 9.02. The smallest absolute Gasteiger partial charge is 0.347 e. The minimum atomic E-state index is -0.747. The molecule has 0 radical (unpaired) electrons. The molecule has 0 bridgehead atoms. The molecule has 0 aromatic carbocycles. The summed E-state index contributed by atoms with van der Waals surface area (Å²) in [6.07, 6.45) is 22.0. The summed E-state index contributed by atoms with van der Waals surface area (Å²) in [4.78, 5) is 83.2. The van der Waals surface area contributed by atoms with Gasteiger partial charge in [0.2, 0.25) is 0 Å². The molecule has 0 amide bonds. The van der Waals surface area contributed by atoms with Gasteiger partial charge in [0.25, 0.3) is 0 Å². The first kappa shape index (κ1) is 49.3. The van der Waals surface area contributed by atoms with E-state index in [1.807, 2.05) is 13.0 Å². The van der Waals surface area contributed by atoms with E-state index in [1.165, 1.54) is 20.3 Å².